The smallest absolute Gasteiger partial charge is 0.137 e. The van der Waals surface area contributed by atoms with Crippen LogP contribution in [-0.2, 0) is 13.1 Å². The van der Waals surface area contributed by atoms with E-state index in [1.54, 1.807) is 0 Å². The van der Waals surface area contributed by atoms with Crippen molar-refractivity contribution in [2.75, 3.05) is 0 Å². The van der Waals surface area contributed by atoms with Gasteiger partial charge in [-0.15, -0.1) is 0 Å². The van der Waals surface area contributed by atoms with Gasteiger partial charge in [0.15, 0.2) is 0 Å². The van der Waals surface area contributed by atoms with Gasteiger partial charge >= 0.3 is 0 Å². The van der Waals surface area contributed by atoms with Crippen LogP contribution in [0.15, 0.2) is 30.3 Å². The van der Waals surface area contributed by atoms with Crippen LogP contribution < -0.4 is 5.32 Å². The molecule has 3 heteroatoms. The first kappa shape index (κ1) is 7.76. The summed E-state index contributed by atoms with van der Waals surface area (Å²) in [4.78, 5) is 7.88. The third-order valence-electron chi connectivity index (χ3n) is 2.51. The van der Waals surface area contributed by atoms with Gasteiger partial charge in [0, 0.05) is 18.7 Å². The highest BCUT2D eigenvalue weighted by Gasteiger charge is 2.15. The fourth-order valence-electron chi connectivity index (χ4n) is 1.78. The van der Waals surface area contributed by atoms with Crippen LogP contribution in [0, 0.1) is 0 Å². The van der Waals surface area contributed by atoms with Crippen molar-refractivity contribution in [2.45, 2.75) is 13.1 Å². The molecule has 0 atom stereocenters. The maximum atomic E-state index is 4.54. The molecule has 0 unspecified atom stereocenters. The first-order valence-electron chi connectivity index (χ1n) is 4.77. The summed E-state index contributed by atoms with van der Waals surface area (Å²) in [7, 11) is 0. The van der Waals surface area contributed by atoms with Gasteiger partial charge in [-0.1, -0.05) is 30.3 Å². The Balaban J connectivity index is 2.06. The second-order valence-electron chi connectivity index (χ2n) is 3.48. The van der Waals surface area contributed by atoms with E-state index in [9.17, 15) is 0 Å². The Kier molecular flexibility index (Phi) is 1.64. The molecule has 2 heterocycles. The number of nitrogens with zero attached hydrogens (tertiary/aromatic N) is 1. The number of aromatic amines is 1. The Morgan fingerprint density at radius 1 is 1.07 bits per heavy atom. The SMILES string of the molecule is c1ccc(-c2nc3c([nH]2)CNC3)cc1. The molecule has 3 nitrogen and oxygen atoms in total. The minimum absolute atomic E-state index is 0.888. The van der Waals surface area contributed by atoms with Crippen LogP contribution in [-0.4, -0.2) is 9.97 Å². The summed E-state index contributed by atoms with van der Waals surface area (Å²) >= 11 is 0. The quantitative estimate of drug-likeness (QED) is 0.709. The second kappa shape index (κ2) is 2.96. The van der Waals surface area contributed by atoms with Crippen LogP contribution >= 0.6 is 0 Å². The number of H-pyrrole nitrogens is 1. The molecule has 0 radical (unpaired) electrons. The summed E-state index contributed by atoms with van der Waals surface area (Å²) in [6.07, 6.45) is 0. The van der Waals surface area contributed by atoms with Crippen molar-refractivity contribution in [3.05, 3.63) is 41.7 Å². The Hall–Kier alpha value is -1.61. The zero-order chi connectivity index (χ0) is 9.38. The average molecular weight is 185 g/mol. The number of fused-ring (bicyclic) bond motifs is 1. The third-order valence-corrected chi connectivity index (χ3v) is 2.51. The van der Waals surface area contributed by atoms with Crippen molar-refractivity contribution in [3.8, 4) is 11.4 Å². The number of imidazole rings is 1. The first-order chi connectivity index (χ1) is 6.93. The van der Waals surface area contributed by atoms with Gasteiger partial charge in [-0.3, -0.25) is 0 Å². The van der Waals surface area contributed by atoms with E-state index in [2.05, 4.69) is 27.4 Å². The van der Waals surface area contributed by atoms with Crippen molar-refractivity contribution in [3.63, 3.8) is 0 Å². The Bertz CT molecular complexity index is 423. The Morgan fingerprint density at radius 2 is 1.93 bits per heavy atom. The van der Waals surface area contributed by atoms with Crippen molar-refractivity contribution in [2.24, 2.45) is 0 Å². The standard InChI is InChI=1S/C11H11N3/c1-2-4-8(5-3-1)11-13-9-6-12-7-10(9)14-11/h1-5,12H,6-7H2,(H,13,14). The normalized spacial score (nSPS) is 14.3. The van der Waals surface area contributed by atoms with Gasteiger partial charge in [-0.05, 0) is 0 Å². The van der Waals surface area contributed by atoms with Gasteiger partial charge in [0.25, 0.3) is 0 Å². The molecule has 70 valence electrons. The fraction of sp³-hybridized carbons (Fsp3) is 0.182. The topological polar surface area (TPSA) is 40.7 Å². The minimum Gasteiger partial charge on any atom is -0.341 e. The molecule has 1 aliphatic heterocycles. The lowest BCUT2D eigenvalue weighted by Crippen LogP contribution is -2.02. The van der Waals surface area contributed by atoms with E-state index in [0.717, 1.165) is 30.2 Å². The van der Waals surface area contributed by atoms with Crippen molar-refractivity contribution >= 4 is 0 Å². The number of rotatable bonds is 1. The Labute approximate surface area is 82.2 Å². The molecular weight excluding hydrogens is 174 g/mol. The lowest BCUT2D eigenvalue weighted by molar-refractivity contribution is 0.744. The minimum atomic E-state index is 0.888. The van der Waals surface area contributed by atoms with Gasteiger partial charge in [0.2, 0.25) is 0 Å². The first-order valence-corrected chi connectivity index (χ1v) is 4.77. The van der Waals surface area contributed by atoms with Gasteiger partial charge in [-0.2, -0.15) is 0 Å². The van der Waals surface area contributed by atoms with E-state index in [1.807, 2.05) is 18.2 Å². The molecule has 2 N–H and O–H groups in total. The predicted molar refractivity (Wildman–Crippen MR) is 54.6 cm³/mol. The van der Waals surface area contributed by atoms with Crippen LogP contribution in [0.4, 0.5) is 0 Å². The number of nitrogens with one attached hydrogen (secondary N) is 2. The molecular formula is C11H11N3. The summed E-state index contributed by atoms with van der Waals surface area (Å²) in [5.74, 6) is 0.983. The summed E-state index contributed by atoms with van der Waals surface area (Å²) in [6.45, 7) is 1.80. The molecule has 0 saturated heterocycles. The lowest BCUT2D eigenvalue weighted by atomic mass is 10.2. The molecule has 1 aromatic heterocycles. The zero-order valence-corrected chi connectivity index (χ0v) is 7.75. The summed E-state index contributed by atoms with van der Waals surface area (Å²) in [6, 6.07) is 10.2. The molecule has 0 bridgehead atoms. The molecule has 0 aliphatic carbocycles. The maximum Gasteiger partial charge on any atom is 0.137 e. The van der Waals surface area contributed by atoms with Crippen LogP contribution in [0.5, 0.6) is 0 Å². The van der Waals surface area contributed by atoms with Gasteiger partial charge in [0.1, 0.15) is 5.82 Å². The molecule has 1 aliphatic rings. The number of hydrogen-bond donors (Lipinski definition) is 2. The van der Waals surface area contributed by atoms with E-state index in [0.29, 0.717) is 0 Å². The summed E-state index contributed by atoms with van der Waals surface area (Å²) < 4.78 is 0. The highest BCUT2D eigenvalue weighted by molar-refractivity contribution is 5.55. The molecule has 2 aromatic rings. The van der Waals surface area contributed by atoms with Crippen LogP contribution in [0.1, 0.15) is 11.4 Å². The van der Waals surface area contributed by atoms with E-state index in [1.165, 1.54) is 5.69 Å². The molecule has 1 aromatic carbocycles. The van der Waals surface area contributed by atoms with Gasteiger partial charge in [-0.25, -0.2) is 4.98 Å². The highest BCUT2D eigenvalue weighted by atomic mass is 15.0. The van der Waals surface area contributed by atoms with Crippen molar-refractivity contribution in [1.82, 2.24) is 15.3 Å². The lowest BCUT2D eigenvalue weighted by Gasteiger charge is -1.96. The predicted octanol–water partition coefficient (Wildman–Crippen LogP) is 1.68. The number of hydrogen-bond acceptors (Lipinski definition) is 2. The molecule has 0 fully saturated rings. The van der Waals surface area contributed by atoms with Gasteiger partial charge < -0.3 is 10.3 Å². The van der Waals surface area contributed by atoms with Crippen molar-refractivity contribution in [1.29, 1.82) is 0 Å². The van der Waals surface area contributed by atoms with Crippen LogP contribution in [0.3, 0.4) is 0 Å². The molecule has 0 spiro atoms. The Morgan fingerprint density at radius 3 is 2.71 bits per heavy atom. The summed E-state index contributed by atoms with van der Waals surface area (Å²) in [5, 5.41) is 3.25. The molecule has 0 amide bonds. The van der Waals surface area contributed by atoms with E-state index in [-0.39, 0.29) is 0 Å². The third kappa shape index (κ3) is 1.14. The average Bonchev–Trinajstić information content (AvgIpc) is 2.78. The van der Waals surface area contributed by atoms with Gasteiger partial charge in [0.05, 0.1) is 11.4 Å². The fourth-order valence-corrected chi connectivity index (χ4v) is 1.78. The summed E-state index contributed by atoms with van der Waals surface area (Å²) in [5.41, 5.74) is 3.54. The second-order valence-corrected chi connectivity index (χ2v) is 3.48. The molecule has 14 heavy (non-hydrogen) atoms. The molecule has 3 rings (SSSR count). The van der Waals surface area contributed by atoms with Crippen molar-refractivity contribution < 1.29 is 0 Å². The van der Waals surface area contributed by atoms with E-state index in [4.69, 9.17) is 0 Å². The number of benzene rings is 1. The zero-order valence-electron chi connectivity index (χ0n) is 7.75. The van der Waals surface area contributed by atoms with Crippen LogP contribution in [0.25, 0.3) is 11.4 Å². The number of aromatic nitrogens is 2. The maximum absolute atomic E-state index is 4.54. The largest absolute Gasteiger partial charge is 0.341 e. The monoisotopic (exact) mass is 185 g/mol. The van der Waals surface area contributed by atoms with E-state index < -0.39 is 0 Å². The van der Waals surface area contributed by atoms with Crippen LogP contribution in [0.2, 0.25) is 0 Å². The van der Waals surface area contributed by atoms with E-state index >= 15 is 0 Å². The molecule has 0 saturated carbocycles. The highest BCUT2D eigenvalue weighted by Crippen LogP contribution is 2.20.